The van der Waals surface area contributed by atoms with Gasteiger partial charge in [-0.2, -0.15) is 0 Å². The number of hydrogen-bond acceptors (Lipinski definition) is 6. The van der Waals surface area contributed by atoms with E-state index in [9.17, 15) is 14.7 Å². The van der Waals surface area contributed by atoms with Gasteiger partial charge < -0.3 is 14.6 Å². The molecular weight excluding hydrogens is 284 g/mol. The molecule has 20 heavy (non-hydrogen) atoms. The molecule has 2 N–H and O–H groups in total. The fraction of sp³-hybridized carbons (Fsp3) is 0.583. The minimum absolute atomic E-state index is 0.0381. The Morgan fingerprint density at radius 3 is 3.05 bits per heavy atom. The van der Waals surface area contributed by atoms with E-state index in [1.807, 2.05) is 0 Å². The zero-order valence-corrected chi connectivity index (χ0v) is 12.0. The summed E-state index contributed by atoms with van der Waals surface area (Å²) in [6, 6.07) is 0. The first-order valence-corrected chi connectivity index (χ1v) is 6.58. The number of esters is 1. The third-order valence-electron chi connectivity index (χ3n) is 3.11. The highest BCUT2D eigenvalue weighted by Crippen LogP contribution is 2.27. The Labute approximate surface area is 120 Å². The number of aryl methyl sites for hydroxylation is 1. The van der Waals surface area contributed by atoms with Gasteiger partial charge in [0, 0.05) is 25.1 Å². The molecule has 1 saturated heterocycles. The Kier molecular flexibility index (Phi) is 4.36. The number of carbonyl (C=O) groups excluding carboxylic acids is 1. The van der Waals surface area contributed by atoms with Gasteiger partial charge >= 0.3 is 11.7 Å². The van der Waals surface area contributed by atoms with Gasteiger partial charge in [0.05, 0.1) is 6.10 Å². The number of aromatic nitrogens is 2. The molecule has 110 valence electrons. The van der Waals surface area contributed by atoms with E-state index in [0.29, 0.717) is 4.64 Å². The maximum absolute atomic E-state index is 11.9. The van der Waals surface area contributed by atoms with Crippen LogP contribution in [0.5, 0.6) is 0 Å². The Morgan fingerprint density at radius 1 is 1.70 bits per heavy atom. The van der Waals surface area contributed by atoms with E-state index in [1.54, 1.807) is 13.1 Å². The van der Waals surface area contributed by atoms with Crippen LogP contribution in [-0.4, -0.2) is 39.4 Å². The molecule has 1 aliphatic rings. The topological polar surface area (TPSA) is 93.5 Å². The second-order valence-electron chi connectivity index (χ2n) is 4.71. The van der Waals surface area contributed by atoms with Crippen LogP contribution < -0.4 is 5.69 Å². The van der Waals surface area contributed by atoms with Crippen LogP contribution in [0, 0.1) is 11.6 Å². The van der Waals surface area contributed by atoms with Crippen LogP contribution in [0.1, 0.15) is 25.1 Å². The summed E-state index contributed by atoms with van der Waals surface area (Å²) in [4.78, 5) is 25.2. The van der Waals surface area contributed by atoms with Crippen molar-refractivity contribution in [3.05, 3.63) is 26.9 Å². The van der Waals surface area contributed by atoms with E-state index >= 15 is 0 Å². The number of carbonyl (C=O) groups is 1. The second kappa shape index (κ2) is 5.86. The van der Waals surface area contributed by atoms with Gasteiger partial charge in [-0.15, -0.1) is 0 Å². The molecule has 0 radical (unpaired) electrons. The maximum atomic E-state index is 11.9. The van der Waals surface area contributed by atoms with Crippen molar-refractivity contribution in [2.45, 2.75) is 38.7 Å². The summed E-state index contributed by atoms with van der Waals surface area (Å²) < 4.78 is 12.1. The van der Waals surface area contributed by atoms with Crippen LogP contribution in [-0.2, 0) is 14.3 Å². The Bertz CT molecular complexity index is 623. The van der Waals surface area contributed by atoms with Gasteiger partial charge in [-0.1, -0.05) is 12.2 Å². The van der Waals surface area contributed by atoms with Gasteiger partial charge in [-0.3, -0.25) is 14.3 Å². The zero-order valence-electron chi connectivity index (χ0n) is 11.2. The van der Waals surface area contributed by atoms with Gasteiger partial charge in [0.2, 0.25) is 0 Å². The number of ether oxygens (including phenoxy) is 2. The molecule has 2 rings (SSSR count). The molecule has 0 amide bonds. The van der Waals surface area contributed by atoms with Crippen molar-refractivity contribution in [3.8, 4) is 0 Å². The van der Waals surface area contributed by atoms with Gasteiger partial charge in [0.25, 0.3) is 0 Å². The highest BCUT2D eigenvalue weighted by atomic mass is 32.1. The molecule has 1 aromatic heterocycles. The maximum Gasteiger partial charge on any atom is 0.328 e. The van der Waals surface area contributed by atoms with Crippen LogP contribution in [0.3, 0.4) is 0 Å². The van der Waals surface area contributed by atoms with Crippen molar-refractivity contribution in [1.29, 1.82) is 0 Å². The quantitative estimate of drug-likeness (QED) is 0.621. The summed E-state index contributed by atoms with van der Waals surface area (Å²) in [7, 11) is 0. The molecule has 1 aromatic rings. The summed E-state index contributed by atoms with van der Waals surface area (Å²) in [5.74, 6) is -0.443. The first-order chi connectivity index (χ1) is 9.38. The van der Waals surface area contributed by atoms with Crippen LogP contribution in [0.15, 0.2) is 11.0 Å². The SMILES string of the molecule is CC(=O)OC[C@H]1O[C@@H](n2cc(C)c(=S)[nH]c2=O)C[C@@H]1O. The summed E-state index contributed by atoms with van der Waals surface area (Å²) >= 11 is 4.98. The largest absolute Gasteiger partial charge is 0.463 e. The van der Waals surface area contributed by atoms with Crippen molar-refractivity contribution < 1.29 is 19.4 Å². The molecule has 0 aromatic carbocycles. The van der Waals surface area contributed by atoms with E-state index in [-0.39, 0.29) is 13.0 Å². The minimum Gasteiger partial charge on any atom is -0.463 e. The molecule has 8 heteroatoms. The van der Waals surface area contributed by atoms with E-state index in [4.69, 9.17) is 21.7 Å². The summed E-state index contributed by atoms with van der Waals surface area (Å²) in [6.45, 7) is 3.02. The van der Waals surface area contributed by atoms with Gasteiger partial charge in [0.1, 0.15) is 23.6 Å². The number of nitrogens with zero attached hydrogens (tertiary/aromatic N) is 1. The third kappa shape index (κ3) is 3.14. The summed E-state index contributed by atoms with van der Waals surface area (Å²) in [5.41, 5.74) is 0.340. The van der Waals surface area contributed by atoms with Crippen LogP contribution >= 0.6 is 12.2 Å². The number of H-pyrrole nitrogens is 1. The Morgan fingerprint density at radius 2 is 2.40 bits per heavy atom. The van der Waals surface area contributed by atoms with Gasteiger partial charge in [-0.05, 0) is 6.92 Å². The average molecular weight is 300 g/mol. The summed E-state index contributed by atoms with van der Waals surface area (Å²) in [5, 5.41) is 9.89. The molecule has 2 heterocycles. The lowest BCUT2D eigenvalue weighted by molar-refractivity contribution is -0.147. The predicted molar refractivity (Wildman–Crippen MR) is 71.8 cm³/mol. The highest BCUT2D eigenvalue weighted by molar-refractivity contribution is 7.71. The second-order valence-corrected chi connectivity index (χ2v) is 5.12. The van der Waals surface area contributed by atoms with Crippen molar-refractivity contribution in [1.82, 2.24) is 9.55 Å². The normalized spacial score (nSPS) is 25.6. The predicted octanol–water partition coefficient (Wildman–Crippen LogP) is 0.426. The molecule has 0 bridgehead atoms. The number of nitrogens with one attached hydrogen (secondary N) is 1. The molecule has 1 fully saturated rings. The molecule has 0 unspecified atom stereocenters. The van der Waals surface area contributed by atoms with Crippen molar-refractivity contribution in [3.63, 3.8) is 0 Å². The summed E-state index contributed by atoms with van der Waals surface area (Å²) in [6.07, 6.45) is -0.208. The fourth-order valence-electron chi connectivity index (χ4n) is 2.04. The number of aliphatic hydroxyl groups is 1. The van der Waals surface area contributed by atoms with Crippen molar-refractivity contribution >= 4 is 18.2 Å². The monoisotopic (exact) mass is 300 g/mol. The molecule has 0 saturated carbocycles. The Balaban J connectivity index is 2.16. The first kappa shape index (κ1) is 14.9. The van der Waals surface area contributed by atoms with E-state index in [1.165, 1.54) is 11.5 Å². The molecule has 7 nitrogen and oxygen atoms in total. The third-order valence-corrected chi connectivity index (χ3v) is 3.54. The van der Waals surface area contributed by atoms with E-state index in [2.05, 4.69) is 4.98 Å². The molecule has 0 spiro atoms. The van der Waals surface area contributed by atoms with Crippen LogP contribution in [0.25, 0.3) is 0 Å². The molecule has 0 aliphatic carbocycles. The van der Waals surface area contributed by atoms with Crippen molar-refractivity contribution in [2.75, 3.05) is 6.61 Å². The zero-order chi connectivity index (χ0) is 14.9. The molecular formula is C12H16N2O5S. The molecule has 1 aliphatic heterocycles. The smallest absolute Gasteiger partial charge is 0.328 e. The van der Waals surface area contributed by atoms with Crippen molar-refractivity contribution in [2.24, 2.45) is 0 Å². The minimum atomic E-state index is -0.797. The first-order valence-electron chi connectivity index (χ1n) is 6.17. The fourth-order valence-corrected chi connectivity index (χ4v) is 2.18. The lowest BCUT2D eigenvalue weighted by Gasteiger charge is -2.16. The van der Waals surface area contributed by atoms with Gasteiger partial charge in [0.15, 0.2) is 0 Å². The lowest BCUT2D eigenvalue weighted by Crippen LogP contribution is -2.29. The highest BCUT2D eigenvalue weighted by Gasteiger charge is 2.36. The van der Waals surface area contributed by atoms with Gasteiger partial charge in [-0.25, -0.2) is 4.79 Å². The number of hydrogen-bond donors (Lipinski definition) is 2. The molecule has 3 atom stereocenters. The van der Waals surface area contributed by atoms with Crippen LogP contribution in [0.4, 0.5) is 0 Å². The van der Waals surface area contributed by atoms with E-state index in [0.717, 1.165) is 5.56 Å². The van der Waals surface area contributed by atoms with E-state index < -0.39 is 30.1 Å². The van der Waals surface area contributed by atoms with Crippen LogP contribution in [0.2, 0.25) is 0 Å². The lowest BCUT2D eigenvalue weighted by atomic mass is 10.2. The number of aromatic amines is 1. The number of aliphatic hydroxyl groups excluding tert-OH is 1. The Hall–Kier alpha value is -1.51. The standard InChI is InChI=1S/C12H16N2O5S/c1-6-4-14(12(17)13-11(6)20)10-3-8(16)9(19-10)5-18-7(2)15/h4,8-10,16H,3,5H2,1-2H3,(H,13,17,20)/t8-,9+,10+/m0/s1. The number of rotatable bonds is 3. The average Bonchev–Trinajstić information content (AvgIpc) is 2.72.